The zero-order valence-corrected chi connectivity index (χ0v) is 16.3. The normalized spacial score (nSPS) is 11.0. The first kappa shape index (κ1) is 20.9. The van der Waals surface area contributed by atoms with Gasteiger partial charge < -0.3 is 20.1 Å². The monoisotopic (exact) mass is 467 g/mol. The highest BCUT2D eigenvalue weighted by molar-refractivity contribution is 14.0. The zero-order valence-electron chi connectivity index (χ0n) is 14.0. The van der Waals surface area contributed by atoms with Crippen molar-refractivity contribution in [1.29, 1.82) is 0 Å². The summed E-state index contributed by atoms with van der Waals surface area (Å²) in [6.45, 7) is -2.53. The van der Waals surface area contributed by atoms with Gasteiger partial charge in [0.15, 0.2) is 17.5 Å². The van der Waals surface area contributed by atoms with Gasteiger partial charge in [0.2, 0.25) is 0 Å². The van der Waals surface area contributed by atoms with Crippen LogP contribution in [-0.4, -0.2) is 36.8 Å². The number of halogens is 3. The summed E-state index contributed by atoms with van der Waals surface area (Å²) in [5.41, 5.74) is 0.706. The molecule has 0 aliphatic rings. The lowest BCUT2D eigenvalue weighted by Gasteiger charge is -2.14. The molecule has 0 spiro atoms. The third kappa shape index (κ3) is 5.44. The van der Waals surface area contributed by atoms with Crippen molar-refractivity contribution in [1.82, 2.24) is 14.9 Å². The highest BCUT2D eigenvalue weighted by Gasteiger charge is 2.12. The average molecular weight is 467 g/mol. The summed E-state index contributed by atoms with van der Waals surface area (Å²) in [5.74, 6) is 1.78. The van der Waals surface area contributed by atoms with Crippen LogP contribution in [0.15, 0.2) is 35.6 Å². The van der Waals surface area contributed by atoms with Gasteiger partial charge in [-0.2, -0.15) is 8.78 Å². The first-order valence-corrected chi connectivity index (χ1v) is 7.08. The summed E-state index contributed by atoms with van der Waals surface area (Å²) in [5, 5.41) is 5.98. The molecule has 138 valence electrons. The Hall–Kier alpha value is -2.11. The van der Waals surface area contributed by atoms with E-state index < -0.39 is 6.55 Å². The maximum absolute atomic E-state index is 12.8. The number of aromatic nitrogens is 2. The third-order valence-corrected chi connectivity index (χ3v) is 3.24. The van der Waals surface area contributed by atoms with Crippen molar-refractivity contribution in [3.63, 3.8) is 0 Å². The Labute approximate surface area is 161 Å². The fourth-order valence-electron chi connectivity index (χ4n) is 2.05. The Morgan fingerprint density at radius 2 is 2.00 bits per heavy atom. The van der Waals surface area contributed by atoms with Crippen molar-refractivity contribution in [2.24, 2.45) is 4.99 Å². The number of benzene rings is 1. The molecule has 0 saturated carbocycles. The van der Waals surface area contributed by atoms with Crippen molar-refractivity contribution in [2.75, 3.05) is 26.6 Å². The van der Waals surface area contributed by atoms with Crippen molar-refractivity contribution in [3.05, 3.63) is 36.4 Å². The second kappa shape index (κ2) is 10.0. The molecular weight excluding hydrogens is 447 g/mol. The van der Waals surface area contributed by atoms with Crippen LogP contribution in [0.25, 0.3) is 0 Å². The smallest absolute Gasteiger partial charge is 0.319 e. The number of nitrogens with one attached hydrogen (secondary N) is 2. The summed E-state index contributed by atoms with van der Waals surface area (Å²) >= 11 is 0. The number of methoxy groups -OCH3 is 2. The summed E-state index contributed by atoms with van der Waals surface area (Å²) in [7, 11) is 4.67. The zero-order chi connectivity index (χ0) is 17.5. The number of hydrogen-bond donors (Lipinski definition) is 2. The predicted molar refractivity (Wildman–Crippen MR) is 102 cm³/mol. The summed E-state index contributed by atoms with van der Waals surface area (Å²) < 4.78 is 36.8. The lowest BCUT2D eigenvalue weighted by Crippen LogP contribution is -2.31. The van der Waals surface area contributed by atoms with E-state index in [0.29, 0.717) is 23.1 Å². The number of hydrogen-bond acceptors (Lipinski definition) is 4. The molecule has 2 rings (SSSR count). The number of ether oxygens (including phenoxy) is 2. The van der Waals surface area contributed by atoms with E-state index in [-0.39, 0.29) is 36.3 Å². The maximum atomic E-state index is 12.8. The minimum absolute atomic E-state index is 0. The average Bonchev–Trinajstić information content (AvgIpc) is 3.07. The Kier molecular flexibility index (Phi) is 8.38. The SMILES string of the molecule is CN=C(NCc1nccn1C(F)F)Nc1ccc(OC)c(OC)c1.I. The van der Waals surface area contributed by atoms with Crippen LogP contribution in [-0.2, 0) is 6.54 Å². The number of imidazole rings is 1. The summed E-state index contributed by atoms with van der Waals surface area (Å²) in [4.78, 5) is 7.96. The van der Waals surface area contributed by atoms with Gasteiger partial charge >= 0.3 is 6.55 Å². The van der Waals surface area contributed by atoms with E-state index in [4.69, 9.17) is 9.47 Å². The van der Waals surface area contributed by atoms with Crippen LogP contribution in [0.2, 0.25) is 0 Å². The Bertz CT molecular complexity index is 709. The first-order valence-electron chi connectivity index (χ1n) is 7.08. The van der Waals surface area contributed by atoms with Crippen LogP contribution in [0.1, 0.15) is 12.4 Å². The van der Waals surface area contributed by atoms with E-state index in [1.54, 1.807) is 39.5 Å². The number of rotatable bonds is 6. The van der Waals surface area contributed by atoms with E-state index in [1.165, 1.54) is 12.4 Å². The molecule has 0 aliphatic heterocycles. The number of alkyl halides is 2. The second-order valence-electron chi connectivity index (χ2n) is 4.65. The molecule has 0 atom stereocenters. The predicted octanol–water partition coefficient (Wildman–Crippen LogP) is 3.10. The quantitative estimate of drug-likeness (QED) is 0.388. The molecule has 7 nitrogen and oxygen atoms in total. The fraction of sp³-hybridized carbons (Fsp3) is 0.333. The van der Waals surface area contributed by atoms with Crippen LogP contribution in [0.4, 0.5) is 14.5 Å². The largest absolute Gasteiger partial charge is 0.493 e. The number of aliphatic imine (C=N–C) groups is 1. The first-order chi connectivity index (χ1) is 11.6. The number of anilines is 1. The van der Waals surface area contributed by atoms with E-state index in [9.17, 15) is 8.78 Å². The van der Waals surface area contributed by atoms with Gasteiger partial charge in [0.25, 0.3) is 0 Å². The molecule has 0 radical (unpaired) electrons. The lowest BCUT2D eigenvalue weighted by atomic mass is 10.3. The minimum Gasteiger partial charge on any atom is -0.493 e. The van der Waals surface area contributed by atoms with E-state index in [0.717, 1.165) is 4.57 Å². The molecule has 0 saturated heterocycles. The summed E-state index contributed by atoms with van der Waals surface area (Å²) in [6.07, 6.45) is 2.56. The van der Waals surface area contributed by atoms with Gasteiger partial charge in [-0.25, -0.2) is 4.98 Å². The van der Waals surface area contributed by atoms with Gasteiger partial charge in [0.05, 0.1) is 20.8 Å². The Morgan fingerprint density at radius 1 is 1.28 bits per heavy atom. The van der Waals surface area contributed by atoms with Crippen molar-refractivity contribution >= 4 is 35.6 Å². The van der Waals surface area contributed by atoms with Crippen molar-refractivity contribution in [2.45, 2.75) is 13.1 Å². The Morgan fingerprint density at radius 3 is 2.60 bits per heavy atom. The molecule has 1 aromatic heterocycles. The number of guanidine groups is 1. The van der Waals surface area contributed by atoms with E-state index in [1.807, 2.05) is 0 Å². The van der Waals surface area contributed by atoms with Crippen LogP contribution in [0, 0.1) is 0 Å². The van der Waals surface area contributed by atoms with E-state index >= 15 is 0 Å². The number of nitrogens with zero attached hydrogens (tertiary/aromatic N) is 3. The molecule has 2 N–H and O–H groups in total. The molecule has 0 amide bonds. The molecule has 0 unspecified atom stereocenters. The molecule has 0 aliphatic carbocycles. The van der Waals surface area contributed by atoms with Crippen LogP contribution < -0.4 is 20.1 Å². The van der Waals surface area contributed by atoms with Crippen molar-refractivity contribution < 1.29 is 18.3 Å². The lowest BCUT2D eigenvalue weighted by molar-refractivity contribution is 0.0668. The molecular formula is C15H20F2IN5O2. The standard InChI is InChI=1S/C15H19F2N5O2.HI/c1-18-15(20-9-13-19-6-7-22(13)14(16)17)21-10-4-5-11(23-2)12(8-10)24-3;/h4-8,14H,9H2,1-3H3,(H2,18,20,21);1H. The van der Waals surface area contributed by atoms with Gasteiger partial charge in [0.1, 0.15) is 5.82 Å². The highest BCUT2D eigenvalue weighted by Crippen LogP contribution is 2.29. The second-order valence-corrected chi connectivity index (χ2v) is 4.65. The molecule has 1 heterocycles. The molecule has 25 heavy (non-hydrogen) atoms. The van der Waals surface area contributed by atoms with Gasteiger partial charge in [-0.1, -0.05) is 0 Å². The molecule has 10 heteroatoms. The molecule has 2 aromatic rings. The van der Waals surface area contributed by atoms with Gasteiger partial charge in [-0.15, -0.1) is 24.0 Å². The highest BCUT2D eigenvalue weighted by atomic mass is 127. The Balaban J connectivity index is 0.00000312. The maximum Gasteiger partial charge on any atom is 0.319 e. The van der Waals surface area contributed by atoms with Gasteiger partial charge in [-0.05, 0) is 12.1 Å². The van der Waals surface area contributed by atoms with Gasteiger partial charge in [0, 0.05) is 31.2 Å². The minimum atomic E-state index is -2.63. The molecule has 0 fully saturated rings. The van der Waals surface area contributed by atoms with Crippen LogP contribution in [0.5, 0.6) is 11.5 Å². The topological polar surface area (TPSA) is 72.7 Å². The molecule has 0 bridgehead atoms. The van der Waals surface area contributed by atoms with E-state index in [2.05, 4.69) is 20.6 Å². The van der Waals surface area contributed by atoms with Crippen LogP contribution >= 0.6 is 24.0 Å². The summed E-state index contributed by atoms with van der Waals surface area (Å²) in [6, 6.07) is 5.28. The van der Waals surface area contributed by atoms with Crippen LogP contribution in [0.3, 0.4) is 0 Å². The molecule has 1 aromatic carbocycles. The fourth-order valence-corrected chi connectivity index (χ4v) is 2.05. The third-order valence-electron chi connectivity index (χ3n) is 3.24. The van der Waals surface area contributed by atoms with Crippen molar-refractivity contribution in [3.8, 4) is 11.5 Å². The van der Waals surface area contributed by atoms with Gasteiger partial charge in [-0.3, -0.25) is 9.56 Å².